The zero-order chi connectivity index (χ0) is 19.6. The second kappa shape index (κ2) is 8.08. The van der Waals surface area contributed by atoms with Crippen LogP contribution in [-0.2, 0) is 16.6 Å². The first-order chi connectivity index (χ1) is 12.8. The highest BCUT2D eigenvalue weighted by Crippen LogP contribution is 2.31. The van der Waals surface area contributed by atoms with Crippen molar-refractivity contribution < 1.29 is 12.8 Å². The molecule has 0 unspecified atom stereocenters. The molecule has 0 aliphatic rings. The van der Waals surface area contributed by atoms with E-state index in [0.717, 1.165) is 0 Å². The summed E-state index contributed by atoms with van der Waals surface area (Å²) in [7, 11) is -3.95. The molecule has 0 aliphatic carbocycles. The molecule has 0 saturated carbocycles. The highest BCUT2D eigenvalue weighted by atomic mass is 35.5. The van der Waals surface area contributed by atoms with Gasteiger partial charge in [0, 0.05) is 5.56 Å². The Morgan fingerprint density at radius 1 is 0.926 bits per heavy atom. The van der Waals surface area contributed by atoms with Crippen LogP contribution in [0.1, 0.15) is 5.69 Å². The summed E-state index contributed by atoms with van der Waals surface area (Å²) < 4.78 is 40.4. The average molecular weight is 447 g/mol. The quantitative estimate of drug-likeness (QED) is 0.576. The predicted octanol–water partition coefficient (Wildman–Crippen LogP) is 4.72. The molecule has 27 heavy (non-hydrogen) atoms. The van der Waals surface area contributed by atoms with Crippen LogP contribution in [0, 0.1) is 5.82 Å². The Kier molecular flexibility index (Phi) is 5.98. The summed E-state index contributed by atoms with van der Waals surface area (Å²) in [5, 5.41) is 0.175. The van der Waals surface area contributed by atoms with Gasteiger partial charge in [0.15, 0.2) is 0 Å². The van der Waals surface area contributed by atoms with Crippen LogP contribution in [0.4, 0.5) is 4.39 Å². The monoisotopic (exact) mass is 445 g/mol. The van der Waals surface area contributed by atoms with Crippen molar-refractivity contribution in [1.82, 2.24) is 14.7 Å². The number of benzene rings is 2. The maximum atomic E-state index is 13.0. The first-order valence-electron chi connectivity index (χ1n) is 7.47. The third kappa shape index (κ3) is 4.75. The van der Waals surface area contributed by atoms with Crippen LogP contribution in [0.25, 0.3) is 11.3 Å². The summed E-state index contributed by atoms with van der Waals surface area (Å²) in [5.41, 5.74) is 1.63. The second-order valence-electron chi connectivity index (χ2n) is 5.42. The minimum atomic E-state index is -3.95. The molecule has 1 N–H and O–H groups in total. The van der Waals surface area contributed by atoms with Crippen molar-refractivity contribution in [3.05, 3.63) is 75.4 Å². The number of aromatic nitrogens is 2. The third-order valence-corrected chi connectivity index (χ3v) is 6.16. The van der Waals surface area contributed by atoms with Crippen LogP contribution in [0.5, 0.6) is 0 Å². The number of nitrogens with one attached hydrogen (secondary N) is 1. The van der Waals surface area contributed by atoms with Gasteiger partial charge in [-0.15, -0.1) is 0 Å². The molecule has 140 valence electrons. The molecule has 0 fully saturated rings. The van der Waals surface area contributed by atoms with E-state index >= 15 is 0 Å². The van der Waals surface area contributed by atoms with E-state index in [1.165, 1.54) is 30.6 Å². The Morgan fingerprint density at radius 2 is 1.59 bits per heavy atom. The Balaban J connectivity index is 1.81. The second-order valence-corrected chi connectivity index (χ2v) is 8.38. The van der Waals surface area contributed by atoms with Gasteiger partial charge in [0.2, 0.25) is 10.0 Å². The van der Waals surface area contributed by atoms with Crippen molar-refractivity contribution in [2.45, 2.75) is 11.4 Å². The number of rotatable bonds is 5. The molecule has 0 amide bonds. The van der Waals surface area contributed by atoms with Gasteiger partial charge in [-0.2, -0.15) is 0 Å². The molecule has 0 radical (unpaired) electrons. The fourth-order valence-corrected chi connectivity index (χ4v) is 4.23. The molecule has 0 spiro atoms. The van der Waals surface area contributed by atoms with Crippen molar-refractivity contribution in [3.8, 4) is 11.3 Å². The highest BCUT2D eigenvalue weighted by Gasteiger charge is 2.20. The van der Waals surface area contributed by atoms with E-state index in [4.69, 9.17) is 34.8 Å². The topological polar surface area (TPSA) is 72.0 Å². The largest absolute Gasteiger partial charge is 0.242 e. The number of hydrogen-bond acceptors (Lipinski definition) is 4. The van der Waals surface area contributed by atoms with Crippen LogP contribution in [0.15, 0.2) is 53.7 Å². The van der Waals surface area contributed by atoms with E-state index in [-0.39, 0.29) is 32.3 Å². The van der Waals surface area contributed by atoms with Crippen LogP contribution < -0.4 is 4.72 Å². The summed E-state index contributed by atoms with van der Waals surface area (Å²) in [6, 6.07) is 9.81. The van der Waals surface area contributed by atoms with Crippen molar-refractivity contribution >= 4 is 44.8 Å². The third-order valence-electron chi connectivity index (χ3n) is 3.57. The van der Waals surface area contributed by atoms with Gasteiger partial charge in [0.05, 0.1) is 33.0 Å². The first kappa shape index (κ1) is 20.0. The zero-order valence-corrected chi connectivity index (χ0v) is 16.5. The van der Waals surface area contributed by atoms with E-state index in [1.807, 2.05) is 0 Å². The SMILES string of the molecule is O=S(=O)(NCc1cc(-c2ccc(F)cc2)ncn1)c1cc(Cl)c(Cl)cc1Cl. The standard InChI is InChI=1S/C17H11Cl3FN3O2S/c18-13-6-15(20)17(7-14(13)19)27(25,26)24-8-12-5-16(23-9-22-12)10-1-3-11(21)4-2-10/h1-7,9,24H,8H2. The maximum Gasteiger partial charge on any atom is 0.242 e. The van der Waals surface area contributed by atoms with E-state index in [0.29, 0.717) is 17.0 Å². The van der Waals surface area contributed by atoms with Gasteiger partial charge < -0.3 is 0 Å². The number of hydrogen-bond donors (Lipinski definition) is 1. The minimum absolute atomic E-state index is 0.0495. The zero-order valence-electron chi connectivity index (χ0n) is 13.5. The lowest BCUT2D eigenvalue weighted by Gasteiger charge is -2.10. The summed E-state index contributed by atoms with van der Waals surface area (Å²) in [5.74, 6) is -0.362. The number of halogens is 4. The van der Waals surface area contributed by atoms with Gasteiger partial charge >= 0.3 is 0 Å². The van der Waals surface area contributed by atoms with Crippen molar-refractivity contribution in [2.75, 3.05) is 0 Å². The Morgan fingerprint density at radius 3 is 2.30 bits per heavy atom. The fraction of sp³-hybridized carbons (Fsp3) is 0.0588. The molecule has 3 aromatic rings. The van der Waals surface area contributed by atoms with Gasteiger partial charge in [-0.1, -0.05) is 34.8 Å². The number of sulfonamides is 1. The predicted molar refractivity (Wildman–Crippen MR) is 103 cm³/mol. The van der Waals surface area contributed by atoms with Crippen molar-refractivity contribution in [2.24, 2.45) is 0 Å². The van der Waals surface area contributed by atoms with Crippen LogP contribution in [0.2, 0.25) is 15.1 Å². The molecular weight excluding hydrogens is 436 g/mol. The minimum Gasteiger partial charge on any atom is -0.240 e. The Labute approximate surface area is 170 Å². The van der Waals surface area contributed by atoms with E-state index in [1.54, 1.807) is 18.2 Å². The smallest absolute Gasteiger partial charge is 0.240 e. The van der Waals surface area contributed by atoms with Crippen LogP contribution in [-0.4, -0.2) is 18.4 Å². The summed E-state index contributed by atoms with van der Waals surface area (Å²) in [6.45, 7) is -0.102. The lowest BCUT2D eigenvalue weighted by Crippen LogP contribution is -2.24. The van der Waals surface area contributed by atoms with Crippen molar-refractivity contribution in [3.63, 3.8) is 0 Å². The molecule has 10 heteroatoms. The van der Waals surface area contributed by atoms with Gasteiger partial charge in [-0.25, -0.2) is 27.5 Å². The molecule has 3 rings (SSSR count). The van der Waals surface area contributed by atoms with Gasteiger partial charge in [-0.3, -0.25) is 0 Å². The Bertz CT molecular complexity index is 1090. The highest BCUT2D eigenvalue weighted by molar-refractivity contribution is 7.89. The molecule has 1 aromatic heterocycles. The maximum absolute atomic E-state index is 13.0. The van der Waals surface area contributed by atoms with E-state index < -0.39 is 10.0 Å². The molecule has 1 heterocycles. The van der Waals surface area contributed by atoms with Crippen LogP contribution >= 0.6 is 34.8 Å². The molecule has 0 aliphatic heterocycles. The summed E-state index contributed by atoms with van der Waals surface area (Å²) >= 11 is 17.7. The van der Waals surface area contributed by atoms with Gasteiger partial charge in [0.25, 0.3) is 0 Å². The molecule has 2 aromatic carbocycles. The number of nitrogens with zero attached hydrogens (tertiary/aromatic N) is 2. The van der Waals surface area contributed by atoms with Gasteiger partial charge in [0.1, 0.15) is 17.0 Å². The molecule has 0 saturated heterocycles. The summed E-state index contributed by atoms with van der Waals surface area (Å²) in [4.78, 5) is 7.97. The lowest BCUT2D eigenvalue weighted by molar-refractivity contribution is 0.580. The summed E-state index contributed by atoms with van der Waals surface area (Å²) in [6.07, 6.45) is 1.30. The lowest BCUT2D eigenvalue weighted by atomic mass is 10.1. The normalized spacial score (nSPS) is 11.6. The molecular formula is C17H11Cl3FN3O2S. The molecule has 0 atom stereocenters. The molecule has 5 nitrogen and oxygen atoms in total. The first-order valence-corrected chi connectivity index (χ1v) is 10.1. The van der Waals surface area contributed by atoms with Crippen molar-refractivity contribution in [1.29, 1.82) is 0 Å². The van der Waals surface area contributed by atoms with Crippen LogP contribution in [0.3, 0.4) is 0 Å². The van der Waals surface area contributed by atoms with E-state index in [2.05, 4.69) is 14.7 Å². The molecule has 0 bridgehead atoms. The Hall–Kier alpha value is -1.77. The van der Waals surface area contributed by atoms with Gasteiger partial charge in [-0.05, 0) is 42.5 Å². The fourth-order valence-electron chi connectivity index (χ4n) is 2.23. The van der Waals surface area contributed by atoms with E-state index in [9.17, 15) is 12.8 Å². The average Bonchev–Trinajstić information content (AvgIpc) is 2.64.